The van der Waals surface area contributed by atoms with E-state index in [-0.39, 0.29) is 22.5 Å². The number of benzene rings is 1. The lowest BCUT2D eigenvalue weighted by molar-refractivity contribution is -0.124. The van der Waals surface area contributed by atoms with Crippen molar-refractivity contribution >= 4 is 28.3 Å². The number of anilines is 1. The van der Waals surface area contributed by atoms with Gasteiger partial charge in [0.1, 0.15) is 11.6 Å². The van der Waals surface area contributed by atoms with Crippen molar-refractivity contribution in [3.05, 3.63) is 34.7 Å². The fraction of sp³-hybridized carbons (Fsp3) is 0.656. The van der Waals surface area contributed by atoms with E-state index < -0.39 is 23.8 Å². The number of aliphatic hydroxyl groups is 1. The Bertz CT molecular complexity index is 1220. The molecule has 1 amide bonds. The number of alkyl carbamates (subject to hydrolysis) is 1. The fourth-order valence-corrected chi connectivity index (χ4v) is 6.82. The Morgan fingerprint density at radius 3 is 2.35 bits per heavy atom. The maximum atomic E-state index is 13.0. The van der Waals surface area contributed by atoms with Gasteiger partial charge in [-0.05, 0) is 87.3 Å². The third-order valence-corrected chi connectivity index (χ3v) is 9.42. The molecule has 8 heteroatoms. The standard InChI is InChI=1S/C32H47N3O4S/c1-20(36)27(34-29(38)39-30(2,3)4)26(37)17-21-11-15-35(16-12-21)28-33-25(19-40-28)22-9-10-23-24(18-22)32(7,8)14-13-31(23,5)6/h9-10,18-21,27,36H,11-17H2,1-8H3,(H,34,38)/t20-,27+/m1/s1. The van der Waals surface area contributed by atoms with Crippen molar-refractivity contribution in [1.29, 1.82) is 0 Å². The molecule has 1 aliphatic heterocycles. The highest BCUT2D eigenvalue weighted by Gasteiger charge is 2.37. The number of fused-ring (bicyclic) bond motifs is 1. The molecule has 0 saturated carbocycles. The van der Waals surface area contributed by atoms with Crippen LogP contribution in [-0.2, 0) is 20.4 Å². The van der Waals surface area contributed by atoms with Crippen LogP contribution in [0, 0.1) is 5.92 Å². The number of aromatic nitrogens is 1. The molecule has 1 aromatic carbocycles. The number of nitrogens with one attached hydrogen (secondary N) is 1. The smallest absolute Gasteiger partial charge is 0.408 e. The van der Waals surface area contributed by atoms with Crippen molar-refractivity contribution in [1.82, 2.24) is 10.3 Å². The fourth-order valence-electron chi connectivity index (χ4n) is 5.93. The average Bonchev–Trinajstić information content (AvgIpc) is 3.35. The van der Waals surface area contributed by atoms with Gasteiger partial charge in [0.25, 0.3) is 0 Å². The van der Waals surface area contributed by atoms with Crippen molar-refractivity contribution in [2.24, 2.45) is 5.92 Å². The summed E-state index contributed by atoms with van der Waals surface area (Å²) in [4.78, 5) is 32.5. The Morgan fingerprint density at radius 2 is 1.75 bits per heavy atom. The van der Waals surface area contributed by atoms with Crippen molar-refractivity contribution in [3.63, 3.8) is 0 Å². The number of carbonyl (C=O) groups excluding carboxylic acids is 2. The van der Waals surface area contributed by atoms with Crippen LogP contribution in [0.4, 0.5) is 9.93 Å². The summed E-state index contributed by atoms with van der Waals surface area (Å²) in [5.41, 5.74) is 4.78. The molecule has 220 valence electrons. The first-order valence-corrected chi connectivity index (χ1v) is 15.5. The maximum absolute atomic E-state index is 13.0. The van der Waals surface area contributed by atoms with Crippen molar-refractivity contribution < 1.29 is 19.4 Å². The lowest BCUT2D eigenvalue weighted by atomic mass is 9.63. The normalized spacial score (nSPS) is 20.4. The van der Waals surface area contributed by atoms with Gasteiger partial charge in [0.15, 0.2) is 10.9 Å². The molecule has 4 rings (SSSR count). The van der Waals surface area contributed by atoms with Gasteiger partial charge < -0.3 is 20.1 Å². The molecule has 7 nitrogen and oxygen atoms in total. The van der Waals surface area contributed by atoms with Gasteiger partial charge in [-0.15, -0.1) is 11.3 Å². The van der Waals surface area contributed by atoms with Crippen LogP contribution >= 0.6 is 11.3 Å². The second-order valence-electron chi connectivity index (χ2n) is 14.0. The van der Waals surface area contributed by atoms with E-state index >= 15 is 0 Å². The van der Waals surface area contributed by atoms with E-state index in [0.29, 0.717) is 6.42 Å². The number of carbonyl (C=O) groups is 2. The summed E-state index contributed by atoms with van der Waals surface area (Å²) in [6.07, 6.45) is 2.76. The number of nitrogens with zero attached hydrogens (tertiary/aromatic N) is 2. The van der Waals surface area contributed by atoms with Crippen LogP contribution in [0.3, 0.4) is 0 Å². The summed E-state index contributed by atoms with van der Waals surface area (Å²) in [5, 5.41) is 15.9. The predicted octanol–water partition coefficient (Wildman–Crippen LogP) is 6.61. The summed E-state index contributed by atoms with van der Waals surface area (Å²) < 4.78 is 5.28. The number of amides is 1. The number of piperidine rings is 1. The van der Waals surface area contributed by atoms with Crippen LogP contribution in [0.2, 0.25) is 0 Å². The maximum Gasteiger partial charge on any atom is 0.408 e. The van der Waals surface area contributed by atoms with E-state index in [2.05, 4.69) is 61.5 Å². The molecule has 0 unspecified atom stereocenters. The highest BCUT2D eigenvalue weighted by Crippen LogP contribution is 2.47. The topological polar surface area (TPSA) is 91.8 Å². The molecule has 2 heterocycles. The number of rotatable bonds is 7. The Balaban J connectivity index is 1.36. The molecule has 2 atom stereocenters. The first-order chi connectivity index (χ1) is 18.6. The number of hydrogen-bond donors (Lipinski definition) is 2. The third kappa shape index (κ3) is 7.06. The molecule has 1 fully saturated rings. The number of ether oxygens (including phenoxy) is 1. The summed E-state index contributed by atoms with van der Waals surface area (Å²) in [6, 6.07) is 5.92. The summed E-state index contributed by atoms with van der Waals surface area (Å²) >= 11 is 1.68. The Labute approximate surface area is 243 Å². The highest BCUT2D eigenvalue weighted by molar-refractivity contribution is 7.14. The molecule has 2 aromatic rings. The monoisotopic (exact) mass is 569 g/mol. The summed E-state index contributed by atoms with van der Waals surface area (Å²) in [5.74, 6) is 0.0467. The molecule has 1 aliphatic carbocycles. The minimum Gasteiger partial charge on any atom is -0.444 e. The molecule has 0 spiro atoms. The van der Waals surface area contributed by atoms with Gasteiger partial charge in [-0.1, -0.05) is 39.8 Å². The third-order valence-electron chi connectivity index (χ3n) is 8.52. The minimum atomic E-state index is -0.992. The Kier molecular flexibility index (Phi) is 8.72. The van der Waals surface area contributed by atoms with Gasteiger partial charge in [-0.2, -0.15) is 0 Å². The number of thiazole rings is 1. The average molecular weight is 570 g/mol. The van der Waals surface area contributed by atoms with Crippen LogP contribution in [0.15, 0.2) is 23.6 Å². The van der Waals surface area contributed by atoms with Crippen LogP contribution in [0.25, 0.3) is 11.3 Å². The van der Waals surface area contributed by atoms with Gasteiger partial charge in [0.05, 0.1) is 11.8 Å². The lowest BCUT2D eigenvalue weighted by Gasteiger charge is -2.42. The van der Waals surface area contributed by atoms with E-state index in [1.165, 1.54) is 36.5 Å². The highest BCUT2D eigenvalue weighted by atomic mass is 32.1. The van der Waals surface area contributed by atoms with E-state index in [0.717, 1.165) is 36.8 Å². The van der Waals surface area contributed by atoms with Gasteiger partial charge >= 0.3 is 6.09 Å². The molecule has 0 radical (unpaired) electrons. The van der Waals surface area contributed by atoms with Crippen LogP contribution in [0.1, 0.15) is 98.6 Å². The summed E-state index contributed by atoms with van der Waals surface area (Å²) in [7, 11) is 0. The number of ketones is 1. The second kappa shape index (κ2) is 11.4. The molecule has 1 aromatic heterocycles. The molecular weight excluding hydrogens is 522 g/mol. The number of aliphatic hydroxyl groups excluding tert-OH is 1. The molecule has 0 bridgehead atoms. The molecule has 2 N–H and O–H groups in total. The second-order valence-corrected chi connectivity index (χ2v) is 14.8. The molecule has 1 saturated heterocycles. The SMILES string of the molecule is C[C@@H](O)[C@H](NC(=O)OC(C)(C)C)C(=O)CC1CCN(c2nc(-c3ccc4c(c3)C(C)(C)CCC4(C)C)cs2)CC1. The van der Waals surface area contributed by atoms with Gasteiger partial charge in [0.2, 0.25) is 0 Å². The predicted molar refractivity (Wildman–Crippen MR) is 162 cm³/mol. The molecular formula is C32H47N3O4S. The quantitative estimate of drug-likeness (QED) is 0.390. The first-order valence-electron chi connectivity index (χ1n) is 14.6. The molecule has 2 aliphatic rings. The van der Waals surface area contributed by atoms with E-state index in [9.17, 15) is 14.7 Å². The Hall–Kier alpha value is -2.45. The zero-order chi connectivity index (χ0) is 29.5. The molecule has 40 heavy (non-hydrogen) atoms. The summed E-state index contributed by atoms with van der Waals surface area (Å²) in [6.45, 7) is 17.9. The lowest BCUT2D eigenvalue weighted by Crippen LogP contribution is -2.50. The van der Waals surface area contributed by atoms with Gasteiger partial charge in [-0.3, -0.25) is 4.79 Å². The van der Waals surface area contributed by atoms with Crippen molar-refractivity contribution in [2.45, 2.75) is 116 Å². The van der Waals surface area contributed by atoms with Crippen LogP contribution in [0.5, 0.6) is 0 Å². The first kappa shape index (κ1) is 30.5. The number of hydrogen-bond acceptors (Lipinski definition) is 7. The largest absolute Gasteiger partial charge is 0.444 e. The zero-order valence-electron chi connectivity index (χ0n) is 25.5. The van der Waals surface area contributed by atoms with Crippen LogP contribution < -0.4 is 10.2 Å². The van der Waals surface area contributed by atoms with Crippen molar-refractivity contribution in [3.8, 4) is 11.3 Å². The number of Topliss-reactive ketones (excluding diaryl/α,β-unsaturated/α-hetero) is 1. The van der Waals surface area contributed by atoms with Gasteiger partial charge in [-0.25, -0.2) is 9.78 Å². The van der Waals surface area contributed by atoms with Crippen molar-refractivity contribution in [2.75, 3.05) is 18.0 Å². The van der Waals surface area contributed by atoms with E-state index in [1.807, 2.05) is 0 Å². The van der Waals surface area contributed by atoms with Gasteiger partial charge in [0, 0.05) is 30.5 Å². The van der Waals surface area contributed by atoms with E-state index in [4.69, 9.17) is 9.72 Å². The zero-order valence-corrected chi connectivity index (χ0v) is 26.3. The van der Waals surface area contributed by atoms with E-state index in [1.54, 1.807) is 32.1 Å². The van der Waals surface area contributed by atoms with Crippen LogP contribution in [-0.4, -0.2) is 52.8 Å². The Morgan fingerprint density at radius 1 is 1.12 bits per heavy atom. The minimum absolute atomic E-state index is 0.158.